The highest BCUT2D eigenvalue weighted by molar-refractivity contribution is 6.01. The van der Waals surface area contributed by atoms with Gasteiger partial charge in [0.2, 0.25) is 88.6 Å². The largest absolute Gasteiger partial charge is 0.370 e. The fraction of sp³-hybridized carbons (Fsp3) is 0.663. The number of aromatic amines is 1. The Hall–Kier alpha value is -10.9. The molecule has 0 saturated carbocycles. The van der Waals surface area contributed by atoms with Crippen LogP contribution in [0, 0.1) is 35.5 Å². The van der Waals surface area contributed by atoms with Gasteiger partial charge in [-0.2, -0.15) is 0 Å². The van der Waals surface area contributed by atoms with Crippen molar-refractivity contribution in [1.82, 2.24) is 79.4 Å². The average molecular weight is 1800 g/mol. The molecule has 3 aromatic rings. The van der Waals surface area contributed by atoms with Gasteiger partial charge in [0.1, 0.15) is 78.5 Å². The molecule has 1 heterocycles. The smallest absolute Gasteiger partial charge is 0.243 e. The number of H-pyrrole nitrogens is 1. The van der Waals surface area contributed by atoms with Crippen LogP contribution in [0.2, 0.25) is 0 Å². The third kappa shape index (κ3) is 41.0. The third-order valence-electron chi connectivity index (χ3n) is 21.8. The number of carbonyl (C=O) groups is 15. The summed E-state index contributed by atoms with van der Waals surface area (Å²) in [6.45, 7) is 22.9. The average Bonchev–Trinajstić information content (AvgIpc) is 1.63. The van der Waals surface area contributed by atoms with Crippen molar-refractivity contribution < 1.29 is 71.9 Å². The molecule has 128 heavy (non-hydrogen) atoms. The number of fused-ring (bicyclic) bond motifs is 1. The maximum absolute atomic E-state index is 15.0. The lowest BCUT2D eigenvalue weighted by Gasteiger charge is -2.29. The fourth-order valence-electron chi connectivity index (χ4n) is 14.2. The van der Waals surface area contributed by atoms with Crippen LogP contribution in [0.1, 0.15) is 217 Å². The van der Waals surface area contributed by atoms with Crippen molar-refractivity contribution in [2.24, 2.45) is 86.4 Å². The van der Waals surface area contributed by atoms with Gasteiger partial charge in [-0.15, -0.1) is 0 Å². The molecule has 0 fully saturated rings. The monoisotopic (exact) mass is 1800 g/mol. The summed E-state index contributed by atoms with van der Waals surface area (Å²) in [6, 6.07) is -1.34. The number of nitrogens with zero attached hydrogens (tertiary/aromatic N) is 1. The summed E-state index contributed by atoms with van der Waals surface area (Å²) >= 11 is 0. The Balaban J connectivity index is 1.88. The molecule has 0 aliphatic carbocycles. The van der Waals surface area contributed by atoms with Gasteiger partial charge in [-0.3, -0.25) is 76.9 Å². The summed E-state index contributed by atoms with van der Waals surface area (Å²) in [5, 5.41) is 39.1. The number of aliphatic imine (C=N–C) groups is 1. The molecule has 31 N–H and O–H groups in total. The molecule has 0 spiro atoms. The van der Waals surface area contributed by atoms with Crippen LogP contribution in [0.25, 0.3) is 10.9 Å². The quantitative estimate of drug-likeness (QED) is 0.0188. The summed E-state index contributed by atoms with van der Waals surface area (Å²) in [7, 11) is 0. The zero-order valence-corrected chi connectivity index (χ0v) is 77.4. The van der Waals surface area contributed by atoms with Crippen molar-refractivity contribution in [1.29, 1.82) is 0 Å². The Bertz CT molecular complexity index is 4050. The molecule has 0 unspecified atom stereocenters. The van der Waals surface area contributed by atoms with Crippen LogP contribution in [-0.4, -0.2) is 223 Å². The minimum Gasteiger partial charge on any atom is -0.370 e. The number of guanidine groups is 1. The van der Waals surface area contributed by atoms with E-state index >= 15 is 4.79 Å². The first-order valence-electron chi connectivity index (χ1n) is 45.3. The first-order valence-corrected chi connectivity index (χ1v) is 45.3. The van der Waals surface area contributed by atoms with Crippen LogP contribution in [-0.2, 0) is 84.8 Å². The van der Waals surface area contributed by atoms with Crippen LogP contribution < -0.4 is 120 Å². The topological polar surface area (TPSA) is 661 Å². The molecule has 15 atom stereocenters. The van der Waals surface area contributed by atoms with Crippen molar-refractivity contribution in [3.63, 3.8) is 0 Å². The Morgan fingerprint density at radius 2 is 0.734 bits per heavy atom. The van der Waals surface area contributed by atoms with E-state index in [1.165, 1.54) is 6.92 Å². The number of nitrogens with two attached hydrogens (primary N) is 8. The second kappa shape index (κ2) is 59.3. The lowest BCUT2D eigenvalue weighted by molar-refractivity contribution is -0.136. The molecule has 0 aliphatic heterocycles. The Morgan fingerprint density at radius 3 is 1.18 bits per heavy atom. The molecule has 39 heteroatoms. The molecule has 3 rings (SSSR count). The van der Waals surface area contributed by atoms with Gasteiger partial charge in [-0.25, -0.2) is 0 Å². The molecule has 39 nitrogen and oxygen atoms in total. The number of carbonyl (C=O) groups excluding carboxylic acids is 15. The summed E-state index contributed by atoms with van der Waals surface area (Å²) in [5.74, 6) is -13.8. The molecule has 2 aromatic carbocycles. The van der Waals surface area contributed by atoms with Gasteiger partial charge in [0.15, 0.2) is 5.96 Å². The van der Waals surface area contributed by atoms with Gasteiger partial charge < -0.3 is 125 Å². The van der Waals surface area contributed by atoms with Crippen LogP contribution in [0.5, 0.6) is 0 Å². The van der Waals surface area contributed by atoms with Crippen molar-refractivity contribution in [3.8, 4) is 0 Å². The fourth-order valence-corrected chi connectivity index (χ4v) is 14.2. The Morgan fingerprint density at radius 1 is 0.367 bits per heavy atom. The summed E-state index contributed by atoms with van der Waals surface area (Å²) in [4.78, 5) is 221. The zero-order valence-electron chi connectivity index (χ0n) is 77.4. The molecule has 718 valence electrons. The number of para-hydroxylation sites is 1. The summed E-state index contributed by atoms with van der Waals surface area (Å²) < 4.78 is 0. The summed E-state index contributed by atoms with van der Waals surface area (Å²) in [6.07, 6.45) is 6.44. The molecule has 15 amide bonds. The van der Waals surface area contributed by atoms with Gasteiger partial charge in [-0.1, -0.05) is 144 Å². The van der Waals surface area contributed by atoms with Crippen molar-refractivity contribution >= 4 is 105 Å². The predicted octanol–water partition coefficient (Wildman–Crippen LogP) is -0.730. The number of hydrogen-bond donors (Lipinski definition) is 23. The van der Waals surface area contributed by atoms with Gasteiger partial charge in [-0.05, 0) is 189 Å². The van der Waals surface area contributed by atoms with E-state index < -0.39 is 197 Å². The van der Waals surface area contributed by atoms with Crippen molar-refractivity contribution in [2.45, 2.75) is 303 Å². The molecule has 0 bridgehead atoms. The van der Waals surface area contributed by atoms with E-state index in [1.807, 2.05) is 52.0 Å². The first kappa shape index (κ1) is 111. The lowest BCUT2D eigenvalue weighted by atomic mass is 9.97. The van der Waals surface area contributed by atoms with E-state index in [-0.39, 0.29) is 114 Å². The maximum Gasteiger partial charge on any atom is 0.243 e. The Labute approximate surface area is 753 Å². The van der Waals surface area contributed by atoms with E-state index in [0.29, 0.717) is 81.9 Å². The highest BCUT2D eigenvalue weighted by atomic mass is 16.2. The SMILES string of the molecule is CC[C@H](C)[C@H](NC(=O)[C@H](CCCCN)NC(=O)[C@H](CCCCN)NC(=O)[C@H](Cc1ccccc1)NC(=O)[C@H](CC(C)C)NC(=O)[C@H](CCCCN)NC(=O)[C@H](Cc1c[nH]c2ccccc12)NC(=O)[C@@H](N)CCCCN)C(=O)NCC(=O)N[C@@H](C)C(=O)N[C@H](C(=O)N[C@@H](CC(C)C)C(=O)N[C@@H](CCCN=C(N)N)C(=O)N[C@H](C(=O)N[C@@H](CC(C)C)C(N)=O)C(C)C)C(C)C. The second-order valence-corrected chi connectivity index (χ2v) is 35.1. The number of benzene rings is 2. The van der Waals surface area contributed by atoms with Crippen molar-refractivity contribution in [2.75, 3.05) is 39.3 Å². The lowest BCUT2D eigenvalue weighted by Crippen LogP contribution is -2.61. The van der Waals surface area contributed by atoms with Crippen LogP contribution in [0.3, 0.4) is 0 Å². The van der Waals surface area contributed by atoms with E-state index in [4.69, 9.17) is 45.9 Å². The number of nitrogens with one attached hydrogen (secondary N) is 15. The minimum absolute atomic E-state index is 0.00658. The summed E-state index contributed by atoms with van der Waals surface area (Å²) in [5.41, 5.74) is 48.7. The van der Waals surface area contributed by atoms with E-state index in [2.05, 4.69) is 84.4 Å². The van der Waals surface area contributed by atoms with Gasteiger partial charge in [0.25, 0.3) is 0 Å². The van der Waals surface area contributed by atoms with Crippen LogP contribution in [0.4, 0.5) is 0 Å². The standard InChI is InChI=1S/C89H152N24O15/c1-14-55(12)74(86(126)100-49-71(114)101-56(13)76(116)111-72(53(8)9)88(128)110-68(45-52(6)7)82(122)105-65(37-28-42-98-89(96)97)80(120)112-73(54(10)11)87(127)106-66(75(95)115)43-50(2)3)113-81(121)64(36-23-27-41-93)102-78(118)62(34-21-25-39-91)103-84(124)69(46-57-29-16-15-17-30-57)109-83(123)67(44-51(4)5)108-79(119)63(35-22-26-40-92)104-85(125)70(107-77(117)60(94)32-20-24-38-90)47-58-48-99-61-33-19-18-31-59(58)61/h15-19,29-31,33,48,50-56,60,62-70,72-74,99H,14,20-28,32,34-47,49,90-94H2,1-13H3,(H2,95,115)(H,100,126)(H,101,114)(H,102,118)(H,103,124)(H,104,125)(H,105,122)(H,106,127)(H,107,117)(H,108,119)(H,109,123)(H,110,128)(H,111,116)(H,112,120)(H,113,121)(H4,96,97,98)/t55-,56-,60-,62-,63-,64-,65-,66-,67-,68-,69-,70-,72-,73-,74-/m0/s1. The molecule has 0 aliphatic rings. The van der Waals surface area contributed by atoms with Crippen molar-refractivity contribution in [3.05, 3.63) is 71.9 Å². The predicted molar refractivity (Wildman–Crippen MR) is 492 cm³/mol. The van der Waals surface area contributed by atoms with Gasteiger partial charge >= 0.3 is 0 Å². The highest BCUT2D eigenvalue weighted by Crippen LogP contribution is 2.22. The zero-order chi connectivity index (χ0) is 95.9. The van der Waals surface area contributed by atoms with Gasteiger partial charge in [0, 0.05) is 36.5 Å². The van der Waals surface area contributed by atoms with Crippen LogP contribution >= 0.6 is 0 Å². The number of aromatic nitrogens is 1. The van der Waals surface area contributed by atoms with Gasteiger partial charge in [0.05, 0.1) is 12.6 Å². The second-order valence-electron chi connectivity index (χ2n) is 35.1. The molecular weight excluding hydrogens is 1650 g/mol. The Kier molecular flexibility index (Phi) is 51.5. The van der Waals surface area contributed by atoms with E-state index in [1.54, 1.807) is 91.9 Å². The van der Waals surface area contributed by atoms with E-state index in [9.17, 15) is 67.1 Å². The normalized spacial score (nSPS) is 15.0. The molecule has 1 aromatic heterocycles. The number of rotatable bonds is 63. The molecule has 0 radical (unpaired) electrons. The number of unbranched alkanes of at least 4 members (excludes halogenated alkanes) is 4. The number of amides is 15. The number of primary amides is 1. The molecular formula is C89H152N24O15. The number of hydrogen-bond acceptors (Lipinski definition) is 21. The molecule has 0 saturated heterocycles. The third-order valence-corrected chi connectivity index (χ3v) is 21.8. The first-order chi connectivity index (χ1) is 60.6. The minimum atomic E-state index is -1.39. The van der Waals surface area contributed by atoms with E-state index in [0.717, 1.165) is 10.9 Å². The maximum atomic E-state index is 15.0. The van der Waals surface area contributed by atoms with Crippen LogP contribution in [0.15, 0.2) is 65.8 Å². The highest BCUT2D eigenvalue weighted by Gasteiger charge is 2.39.